The van der Waals surface area contributed by atoms with Crippen LogP contribution in [0.2, 0.25) is 0 Å². The van der Waals surface area contributed by atoms with E-state index in [0.717, 1.165) is 0 Å². The summed E-state index contributed by atoms with van der Waals surface area (Å²) in [6, 6.07) is 18.3. The molecule has 2 aromatic rings. The van der Waals surface area contributed by atoms with E-state index in [1.165, 1.54) is 71.4 Å². The Bertz CT molecular complexity index is 645. The van der Waals surface area contributed by atoms with Crippen molar-refractivity contribution in [2.45, 2.75) is 60.9 Å². The van der Waals surface area contributed by atoms with E-state index >= 15 is 0 Å². The molecule has 0 bridgehead atoms. The van der Waals surface area contributed by atoms with Gasteiger partial charge >= 0.3 is 0 Å². The van der Waals surface area contributed by atoms with E-state index in [-0.39, 0.29) is 9.49 Å². The standard InChI is InChI=1S/C22H24Br2S/c23-19-9-5-17(6-10-19)21(13-1-2-14-21)25-22(15-3-4-16-22)18-7-11-20(24)12-8-18/h5-12H,1-4,13-16H2. The third kappa shape index (κ3) is 3.61. The van der Waals surface area contributed by atoms with Gasteiger partial charge in [-0.3, -0.25) is 0 Å². The summed E-state index contributed by atoms with van der Waals surface area (Å²) in [7, 11) is 0. The smallest absolute Gasteiger partial charge is 0.0417 e. The molecule has 4 rings (SSSR count). The first-order valence-electron chi connectivity index (χ1n) is 9.34. The first-order chi connectivity index (χ1) is 12.1. The minimum absolute atomic E-state index is 0.290. The third-order valence-corrected chi connectivity index (χ3v) is 9.08. The predicted octanol–water partition coefficient (Wildman–Crippen LogP) is 8.18. The molecule has 0 spiro atoms. The van der Waals surface area contributed by atoms with Crippen LogP contribution in [0.25, 0.3) is 0 Å². The normalized spacial score (nSPS) is 21.5. The quantitative estimate of drug-likeness (QED) is 0.425. The largest absolute Gasteiger partial charge is 0.139 e. The van der Waals surface area contributed by atoms with Crippen LogP contribution >= 0.6 is 43.6 Å². The topological polar surface area (TPSA) is 0 Å². The highest BCUT2D eigenvalue weighted by Gasteiger charge is 2.46. The Balaban J connectivity index is 1.72. The zero-order valence-corrected chi connectivity index (χ0v) is 18.4. The molecule has 2 saturated carbocycles. The highest BCUT2D eigenvalue weighted by atomic mass is 79.9. The predicted molar refractivity (Wildman–Crippen MR) is 116 cm³/mol. The molecule has 0 aromatic heterocycles. The zero-order chi connectivity index (χ0) is 17.3. The second-order valence-corrected chi connectivity index (χ2v) is 11.1. The molecule has 0 aliphatic heterocycles. The summed E-state index contributed by atoms with van der Waals surface area (Å²) >= 11 is 9.50. The summed E-state index contributed by atoms with van der Waals surface area (Å²) in [4.78, 5) is 0. The van der Waals surface area contributed by atoms with Gasteiger partial charge < -0.3 is 0 Å². The monoisotopic (exact) mass is 478 g/mol. The summed E-state index contributed by atoms with van der Waals surface area (Å²) in [5.74, 6) is 0. The van der Waals surface area contributed by atoms with Crippen molar-refractivity contribution in [3.63, 3.8) is 0 Å². The van der Waals surface area contributed by atoms with Gasteiger partial charge in [0.2, 0.25) is 0 Å². The molecule has 2 aliphatic carbocycles. The molecular formula is C22H24Br2S. The van der Waals surface area contributed by atoms with Crippen LogP contribution in [0.4, 0.5) is 0 Å². The van der Waals surface area contributed by atoms with Gasteiger partial charge in [0.05, 0.1) is 0 Å². The average Bonchev–Trinajstić information content (AvgIpc) is 3.27. The first kappa shape index (κ1) is 18.1. The fourth-order valence-corrected chi connectivity index (χ4v) is 7.44. The maximum atomic E-state index is 3.60. The molecule has 2 aromatic carbocycles. The highest BCUT2D eigenvalue weighted by molar-refractivity contribution is 9.10. The maximum Gasteiger partial charge on any atom is 0.0417 e. The molecule has 0 nitrogen and oxygen atoms in total. The van der Waals surface area contributed by atoms with Crippen LogP contribution in [0.3, 0.4) is 0 Å². The molecule has 132 valence electrons. The van der Waals surface area contributed by atoms with Gasteiger partial charge in [0, 0.05) is 18.4 Å². The highest BCUT2D eigenvalue weighted by Crippen LogP contribution is 2.62. The third-order valence-electron chi connectivity index (χ3n) is 5.95. The van der Waals surface area contributed by atoms with E-state index < -0.39 is 0 Å². The summed E-state index contributed by atoms with van der Waals surface area (Å²) in [6.07, 6.45) is 10.7. The minimum Gasteiger partial charge on any atom is -0.139 e. The Labute approximate surface area is 172 Å². The first-order valence-corrected chi connectivity index (χ1v) is 11.7. The Morgan fingerprint density at radius 2 is 0.880 bits per heavy atom. The summed E-state index contributed by atoms with van der Waals surface area (Å²) in [6.45, 7) is 0. The van der Waals surface area contributed by atoms with Gasteiger partial charge in [-0.1, -0.05) is 81.8 Å². The molecule has 0 unspecified atom stereocenters. The van der Waals surface area contributed by atoms with Crippen molar-refractivity contribution < 1.29 is 0 Å². The molecule has 0 heterocycles. The van der Waals surface area contributed by atoms with Crippen LogP contribution in [-0.2, 0) is 9.49 Å². The lowest BCUT2D eigenvalue weighted by Crippen LogP contribution is -2.28. The molecule has 25 heavy (non-hydrogen) atoms. The average molecular weight is 480 g/mol. The van der Waals surface area contributed by atoms with Crippen molar-refractivity contribution in [3.05, 3.63) is 68.6 Å². The van der Waals surface area contributed by atoms with Gasteiger partial charge in [0.15, 0.2) is 0 Å². The number of halogens is 2. The number of hydrogen-bond acceptors (Lipinski definition) is 1. The van der Waals surface area contributed by atoms with Crippen molar-refractivity contribution in [3.8, 4) is 0 Å². The second kappa shape index (κ2) is 7.40. The fraction of sp³-hybridized carbons (Fsp3) is 0.455. The number of hydrogen-bond donors (Lipinski definition) is 0. The van der Waals surface area contributed by atoms with Gasteiger partial charge in [-0.05, 0) is 61.1 Å². The van der Waals surface area contributed by atoms with E-state index in [0.29, 0.717) is 0 Å². The number of benzene rings is 2. The molecule has 3 heteroatoms. The van der Waals surface area contributed by atoms with Crippen LogP contribution in [0, 0.1) is 0 Å². The van der Waals surface area contributed by atoms with Crippen molar-refractivity contribution in [2.24, 2.45) is 0 Å². The van der Waals surface area contributed by atoms with Crippen molar-refractivity contribution >= 4 is 43.6 Å². The molecule has 0 radical (unpaired) electrons. The molecule has 2 aliphatic rings. The van der Waals surface area contributed by atoms with Crippen molar-refractivity contribution in [1.82, 2.24) is 0 Å². The molecule has 2 fully saturated rings. The van der Waals surface area contributed by atoms with E-state index in [9.17, 15) is 0 Å². The van der Waals surface area contributed by atoms with Gasteiger partial charge in [-0.2, -0.15) is 0 Å². The zero-order valence-electron chi connectivity index (χ0n) is 14.4. The Morgan fingerprint density at radius 3 is 1.20 bits per heavy atom. The fourth-order valence-electron chi connectivity index (χ4n) is 4.67. The van der Waals surface area contributed by atoms with Crippen LogP contribution in [0.15, 0.2) is 57.5 Å². The Kier molecular flexibility index (Phi) is 5.37. The molecule has 0 saturated heterocycles. The maximum absolute atomic E-state index is 3.60. The van der Waals surface area contributed by atoms with Gasteiger partial charge in [-0.25, -0.2) is 0 Å². The molecule has 0 amide bonds. The van der Waals surface area contributed by atoms with E-state index in [1.54, 1.807) is 0 Å². The van der Waals surface area contributed by atoms with Crippen molar-refractivity contribution in [1.29, 1.82) is 0 Å². The minimum atomic E-state index is 0.290. The van der Waals surface area contributed by atoms with Crippen LogP contribution in [-0.4, -0.2) is 0 Å². The van der Waals surface area contributed by atoms with Gasteiger partial charge in [0.25, 0.3) is 0 Å². The number of rotatable bonds is 4. The van der Waals surface area contributed by atoms with Crippen LogP contribution < -0.4 is 0 Å². The summed E-state index contributed by atoms with van der Waals surface area (Å²) in [5.41, 5.74) is 3.06. The lowest BCUT2D eigenvalue weighted by molar-refractivity contribution is 0.594. The Hall–Kier alpha value is -0.250. The lowest BCUT2D eigenvalue weighted by atomic mass is 9.95. The molecular weight excluding hydrogens is 456 g/mol. The molecule has 0 N–H and O–H groups in total. The van der Waals surface area contributed by atoms with Gasteiger partial charge in [-0.15, -0.1) is 11.8 Å². The van der Waals surface area contributed by atoms with E-state index in [4.69, 9.17) is 0 Å². The lowest BCUT2D eigenvalue weighted by Gasteiger charge is -2.40. The molecule has 0 atom stereocenters. The van der Waals surface area contributed by atoms with Crippen LogP contribution in [0.5, 0.6) is 0 Å². The SMILES string of the molecule is Brc1ccc(C2(SC3(c4ccc(Br)cc4)CCCC3)CCCC2)cc1. The van der Waals surface area contributed by atoms with E-state index in [1.807, 2.05) is 0 Å². The number of thioether (sulfide) groups is 1. The second-order valence-electron chi connectivity index (χ2n) is 7.52. The van der Waals surface area contributed by atoms with Gasteiger partial charge in [0.1, 0.15) is 0 Å². The van der Waals surface area contributed by atoms with Crippen LogP contribution in [0.1, 0.15) is 62.5 Å². The summed E-state index contributed by atoms with van der Waals surface area (Å²) in [5, 5.41) is 0. The van der Waals surface area contributed by atoms with Crippen molar-refractivity contribution in [2.75, 3.05) is 0 Å². The van der Waals surface area contributed by atoms with E-state index in [2.05, 4.69) is 92.2 Å². The Morgan fingerprint density at radius 1 is 0.560 bits per heavy atom. The summed E-state index contributed by atoms with van der Waals surface area (Å²) < 4.78 is 2.94.